The van der Waals surface area contributed by atoms with Gasteiger partial charge in [0.15, 0.2) is 0 Å². The van der Waals surface area contributed by atoms with E-state index >= 15 is 0 Å². The maximum atomic E-state index is 11.7. The average molecular weight is 230 g/mol. The molecule has 0 radical (unpaired) electrons. The van der Waals surface area contributed by atoms with Crippen LogP contribution in [0.3, 0.4) is 0 Å². The molecule has 1 atom stereocenters. The summed E-state index contributed by atoms with van der Waals surface area (Å²) in [5, 5.41) is 11.5. The maximum Gasteiger partial charge on any atom is 0.323 e. The molecule has 5 nitrogen and oxygen atoms in total. The van der Waals surface area contributed by atoms with E-state index in [4.69, 9.17) is 5.11 Å². The van der Waals surface area contributed by atoms with Gasteiger partial charge in [-0.3, -0.25) is 4.79 Å². The number of carbonyl (C=O) groups excluding carboxylic acids is 1. The van der Waals surface area contributed by atoms with E-state index in [1.165, 1.54) is 4.90 Å². The number of amides is 2. The number of likely N-dealkylation sites (N-methyl/N-ethyl adjacent to an activating group) is 1. The molecule has 94 valence electrons. The number of urea groups is 1. The second-order valence-corrected chi connectivity index (χ2v) is 3.75. The zero-order valence-corrected chi connectivity index (χ0v) is 10.3. The molecule has 0 aliphatic rings. The van der Waals surface area contributed by atoms with Crippen LogP contribution in [-0.4, -0.2) is 41.1 Å². The van der Waals surface area contributed by atoms with E-state index in [9.17, 15) is 9.59 Å². The fraction of sp³-hybridized carbons (Fsp3) is 0.818. The van der Waals surface area contributed by atoms with E-state index < -0.39 is 5.97 Å². The fourth-order valence-corrected chi connectivity index (χ4v) is 1.48. The van der Waals surface area contributed by atoms with Crippen molar-refractivity contribution in [1.29, 1.82) is 0 Å². The molecule has 0 spiro atoms. The molecule has 0 bridgehead atoms. The van der Waals surface area contributed by atoms with E-state index in [2.05, 4.69) is 12.2 Å². The number of carboxylic acids is 1. The third kappa shape index (κ3) is 5.58. The standard InChI is InChI=1S/C11H22N2O3/c1-4-7-9(5-2)12-11(16)13(6-3)8-10(14)15/h9H,4-8H2,1-3H3,(H,12,16)(H,14,15). The second kappa shape index (κ2) is 7.96. The summed E-state index contributed by atoms with van der Waals surface area (Å²) in [5.74, 6) is -0.986. The van der Waals surface area contributed by atoms with Gasteiger partial charge in [0.25, 0.3) is 0 Å². The summed E-state index contributed by atoms with van der Waals surface area (Å²) in [6, 6.07) is -0.148. The summed E-state index contributed by atoms with van der Waals surface area (Å²) in [7, 11) is 0. The normalized spacial score (nSPS) is 11.9. The monoisotopic (exact) mass is 230 g/mol. The molecule has 5 heteroatoms. The predicted octanol–water partition coefficient (Wildman–Crippen LogP) is 1.68. The van der Waals surface area contributed by atoms with Gasteiger partial charge in [-0.1, -0.05) is 20.3 Å². The van der Waals surface area contributed by atoms with E-state index in [1.807, 2.05) is 6.92 Å². The number of hydrogen-bond acceptors (Lipinski definition) is 2. The highest BCUT2D eigenvalue weighted by Gasteiger charge is 2.17. The summed E-state index contributed by atoms with van der Waals surface area (Å²) < 4.78 is 0. The number of hydrogen-bond donors (Lipinski definition) is 2. The van der Waals surface area contributed by atoms with Crippen molar-refractivity contribution < 1.29 is 14.7 Å². The minimum Gasteiger partial charge on any atom is -0.480 e. The van der Waals surface area contributed by atoms with Crippen molar-refractivity contribution in [1.82, 2.24) is 10.2 Å². The van der Waals surface area contributed by atoms with Crippen LogP contribution in [0.25, 0.3) is 0 Å². The smallest absolute Gasteiger partial charge is 0.323 e. The van der Waals surface area contributed by atoms with Crippen molar-refractivity contribution in [2.45, 2.75) is 46.1 Å². The Labute approximate surface area is 96.8 Å². The number of rotatable bonds is 7. The molecular weight excluding hydrogens is 208 g/mol. The van der Waals surface area contributed by atoms with Gasteiger partial charge >= 0.3 is 12.0 Å². The quantitative estimate of drug-likeness (QED) is 0.699. The topological polar surface area (TPSA) is 69.6 Å². The molecule has 1 unspecified atom stereocenters. The Hall–Kier alpha value is -1.26. The Kier molecular flexibility index (Phi) is 7.33. The molecule has 0 saturated heterocycles. The average Bonchev–Trinajstić information content (AvgIpc) is 2.24. The fourth-order valence-electron chi connectivity index (χ4n) is 1.48. The van der Waals surface area contributed by atoms with Crippen molar-refractivity contribution in [3.8, 4) is 0 Å². The molecule has 0 aliphatic heterocycles. The molecule has 0 aromatic heterocycles. The summed E-state index contributed by atoms with van der Waals surface area (Å²) in [5.41, 5.74) is 0. The number of carboxylic acid groups (broad SMARTS) is 1. The van der Waals surface area contributed by atoms with Crippen molar-refractivity contribution in [2.24, 2.45) is 0 Å². The summed E-state index contributed by atoms with van der Waals surface area (Å²) in [6.07, 6.45) is 2.79. The summed E-state index contributed by atoms with van der Waals surface area (Å²) in [6.45, 7) is 5.99. The van der Waals surface area contributed by atoms with Crippen LogP contribution in [0.5, 0.6) is 0 Å². The molecule has 2 amide bonds. The highest BCUT2D eigenvalue weighted by Crippen LogP contribution is 2.02. The Balaban J connectivity index is 4.22. The minimum absolute atomic E-state index is 0.139. The minimum atomic E-state index is -0.986. The van der Waals surface area contributed by atoms with Crippen LogP contribution in [0.1, 0.15) is 40.0 Å². The third-order valence-corrected chi connectivity index (χ3v) is 2.45. The van der Waals surface area contributed by atoms with Crippen LogP contribution >= 0.6 is 0 Å². The number of nitrogens with zero attached hydrogens (tertiary/aromatic N) is 1. The Bertz CT molecular complexity index is 231. The first kappa shape index (κ1) is 14.7. The molecule has 0 aromatic carbocycles. The lowest BCUT2D eigenvalue weighted by Gasteiger charge is -2.23. The lowest BCUT2D eigenvalue weighted by Crippen LogP contribution is -2.46. The molecule has 0 heterocycles. The van der Waals surface area contributed by atoms with Gasteiger partial charge < -0.3 is 15.3 Å². The van der Waals surface area contributed by atoms with Crippen LogP contribution in [0, 0.1) is 0 Å². The van der Waals surface area contributed by atoms with Gasteiger partial charge in [-0.25, -0.2) is 4.79 Å². The van der Waals surface area contributed by atoms with E-state index in [1.54, 1.807) is 6.92 Å². The highest BCUT2D eigenvalue weighted by atomic mass is 16.4. The first-order chi connectivity index (χ1) is 7.54. The maximum absolute atomic E-state index is 11.7. The molecule has 0 saturated carbocycles. The van der Waals surface area contributed by atoms with Crippen molar-refractivity contribution in [2.75, 3.05) is 13.1 Å². The van der Waals surface area contributed by atoms with Crippen LogP contribution in [0.4, 0.5) is 4.79 Å². The van der Waals surface area contributed by atoms with Crippen LogP contribution < -0.4 is 5.32 Å². The van der Waals surface area contributed by atoms with Gasteiger partial charge in [-0.05, 0) is 19.8 Å². The Morgan fingerprint density at radius 1 is 1.31 bits per heavy atom. The molecule has 2 N–H and O–H groups in total. The van der Waals surface area contributed by atoms with Gasteiger partial charge in [0.2, 0.25) is 0 Å². The third-order valence-electron chi connectivity index (χ3n) is 2.45. The van der Waals surface area contributed by atoms with Gasteiger partial charge in [-0.2, -0.15) is 0 Å². The molecule has 0 fully saturated rings. The predicted molar refractivity (Wildman–Crippen MR) is 62.4 cm³/mol. The zero-order chi connectivity index (χ0) is 12.6. The Morgan fingerprint density at radius 3 is 2.31 bits per heavy atom. The lowest BCUT2D eigenvalue weighted by molar-refractivity contribution is -0.137. The summed E-state index contributed by atoms with van der Waals surface area (Å²) >= 11 is 0. The molecule has 16 heavy (non-hydrogen) atoms. The first-order valence-corrected chi connectivity index (χ1v) is 5.82. The van der Waals surface area contributed by atoms with E-state index in [0.29, 0.717) is 6.54 Å². The highest BCUT2D eigenvalue weighted by molar-refractivity contribution is 5.80. The zero-order valence-electron chi connectivity index (χ0n) is 10.3. The van der Waals surface area contributed by atoms with Gasteiger partial charge in [0.05, 0.1) is 0 Å². The van der Waals surface area contributed by atoms with Gasteiger partial charge in [0, 0.05) is 12.6 Å². The summed E-state index contributed by atoms with van der Waals surface area (Å²) in [4.78, 5) is 23.5. The second-order valence-electron chi connectivity index (χ2n) is 3.75. The Morgan fingerprint density at radius 2 is 1.94 bits per heavy atom. The molecule has 0 aromatic rings. The molecular formula is C11H22N2O3. The molecule has 0 rings (SSSR count). The SMILES string of the molecule is CCCC(CC)NC(=O)N(CC)CC(=O)O. The van der Waals surface area contributed by atoms with E-state index in [0.717, 1.165) is 19.3 Å². The van der Waals surface area contributed by atoms with Crippen LogP contribution in [0.2, 0.25) is 0 Å². The number of nitrogens with one attached hydrogen (secondary N) is 1. The number of carbonyl (C=O) groups is 2. The number of aliphatic carboxylic acids is 1. The van der Waals surface area contributed by atoms with E-state index in [-0.39, 0.29) is 18.6 Å². The van der Waals surface area contributed by atoms with Gasteiger partial charge in [-0.15, -0.1) is 0 Å². The molecule has 0 aliphatic carbocycles. The largest absolute Gasteiger partial charge is 0.480 e. The van der Waals surface area contributed by atoms with Crippen molar-refractivity contribution in [3.05, 3.63) is 0 Å². The van der Waals surface area contributed by atoms with Gasteiger partial charge in [0.1, 0.15) is 6.54 Å². The van der Waals surface area contributed by atoms with Crippen LogP contribution in [-0.2, 0) is 4.79 Å². The van der Waals surface area contributed by atoms with Crippen molar-refractivity contribution >= 4 is 12.0 Å². The van der Waals surface area contributed by atoms with Crippen molar-refractivity contribution in [3.63, 3.8) is 0 Å². The van der Waals surface area contributed by atoms with Crippen LogP contribution in [0.15, 0.2) is 0 Å². The lowest BCUT2D eigenvalue weighted by atomic mass is 10.1. The first-order valence-electron chi connectivity index (χ1n) is 5.82.